The Morgan fingerprint density at radius 3 is 1.96 bits per heavy atom. The molecule has 0 saturated carbocycles. The number of hydrogen-bond acceptors (Lipinski definition) is 7. The van der Waals surface area contributed by atoms with E-state index in [1.165, 1.54) is 0 Å². The Hall–Kier alpha value is -3.22. The second-order valence-electron chi connectivity index (χ2n) is 5.89. The van der Waals surface area contributed by atoms with Gasteiger partial charge in [0, 0.05) is 0 Å². The van der Waals surface area contributed by atoms with Gasteiger partial charge in [-0.05, 0) is 31.5 Å². The summed E-state index contributed by atoms with van der Waals surface area (Å²) in [6.45, 7) is 3.58. The van der Waals surface area contributed by atoms with Crippen LogP contribution < -0.4 is 5.01 Å². The van der Waals surface area contributed by atoms with Crippen molar-refractivity contribution in [2.24, 2.45) is 10.3 Å². The van der Waals surface area contributed by atoms with Crippen LogP contribution >= 0.6 is 0 Å². The Balaban J connectivity index is 2.17. The molecule has 1 heterocycles. The predicted octanol–water partition coefficient (Wildman–Crippen LogP) is 3.48. The molecule has 2 aromatic rings. The lowest BCUT2D eigenvalue weighted by Gasteiger charge is -2.31. The summed E-state index contributed by atoms with van der Waals surface area (Å²) >= 11 is 0. The van der Waals surface area contributed by atoms with Gasteiger partial charge in [0.25, 0.3) is 0 Å². The second kappa shape index (κ2) is 7.99. The Morgan fingerprint density at radius 1 is 0.926 bits per heavy atom. The number of carbonyl (C=O) groups is 2. The van der Waals surface area contributed by atoms with Crippen LogP contribution in [0.15, 0.2) is 71.0 Å². The molecule has 7 heteroatoms. The maximum Gasteiger partial charge on any atom is 0.350 e. The molecule has 0 fully saturated rings. The molecule has 0 saturated heterocycles. The van der Waals surface area contributed by atoms with E-state index in [4.69, 9.17) is 9.47 Å². The quantitative estimate of drug-likeness (QED) is 0.577. The number of para-hydroxylation sites is 1. The summed E-state index contributed by atoms with van der Waals surface area (Å²) in [5.41, 5.74) is -0.526. The number of esters is 2. The lowest BCUT2D eigenvalue weighted by Crippen LogP contribution is -2.53. The fourth-order valence-electron chi connectivity index (χ4n) is 3.07. The minimum absolute atomic E-state index is 0.113. The number of carbonyl (C=O) groups excluding carboxylic acids is 2. The van der Waals surface area contributed by atoms with Gasteiger partial charge >= 0.3 is 17.5 Å². The van der Waals surface area contributed by atoms with Crippen molar-refractivity contribution in [2.75, 3.05) is 18.2 Å². The predicted molar refractivity (Wildman–Crippen MR) is 99.0 cm³/mol. The number of anilines is 1. The standard InChI is InChI=1S/C20H21N3O4/c1-3-26-18(24)20(19(25)27-4-2)17(15-11-7-5-8-12-15)23(22-21-20)16-13-9-6-10-14-16/h5-14,17H,3-4H2,1-2H3/t17-/m0/s1. The van der Waals surface area contributed by atoms with Crippen LogP contribution in [-0.2, 0) is 19.1 Å². The number of rotatable bonds is 6. The Kier molecular flexibility index (Phi) is 5.49. The van der Waals surface area contributed by atoms with Crippen LogP contribution in [-0.4, -0.2) is 30.7 Å². The van der Waals surface area contributed by atoms with Crippen molar-refractivity contribution < 1.29 is 19.1 Å². The molecule has 0 unspecified atom stereocenters. The fourth-order valence-corrected chi connectivity index (χ4v) is 3.07. The molecule has 0 aromatic heterocycles. The summed E-state index contributed by atoms with van der Waals surface area (Å²) in [7, 11) is 0. The summed E-state index contributed by atoms with van der Waals surface area (Å²) < 4.78 is 10.4. The zero-order valence-corrected chi connectivity index (χ0v) is 15.2. The second-order valence-corrected chi connectivity index (χ2v) is 5.89. The molecule has 0 N–H and O–H groups in total. The Labute approximate surface area is 157 Å². The van der Waals surface area contributed by atoms with E-state index in [-0.39, 0.29) is 13.2 Å². The molecule has 3 rings (SSSR count). The van der Waals surface area contributed by atoms with E-state index >= 15 is 0 Å². The molecule has 0 radical (unpaired) electrons. The minimum Gasteiger partial charge on any atom is -0.464 e. The molecule has 0 bridgehead atoms. The summed E-state index contributed by atoms with van der Waals surface area (Å²) in [5, 5.41) is 9.86. The van der Waals surface area contributed by atoms with Gasteiger partial charge in [-0.3, -0.25) is 0 Å². The van der Waals surface area contributed by atoms with Crippen molar-refractivity contribution >= 4 is 17.6 Å². The third-order valence-corrected chi connectivity index (χ3v) is 4.25. The van der Waals surface area contributed by atoms with Crippen LogP contribution in [0.5, 0.6) is 0 Å². The highest BCUT2D eigenvalue weighted by Crippen LogP contribution is 2.44. The number of benzene rings is 2. The number of ether oxygens (including phenoxy) is 2. The molecule has 0 amide bonds. The Bertz CT molecular complexity index is 806. The van der Waals surface area contributed by atoms with E-state index in [1.807, 2.05) is 60.7 Å². The molecule has 1 aliphatic heterocycles. The average Bonchev–Trinajstić information content (AvgIpc) is 3.11. The van der Waals surface area contributed by atoms with Crippen LogP contribution in [0.3, 0.4) is 0 Å². The molecular formula is C20H21N3O4. The van der Waals surface area contributed by atoms with Crippen molar-refractivity contribution in [2.45, 2.75) is 25.4 Å². The van der Waals surface area contributed by atoms with E-state index in [1.54, 1.807) is 18.9 Å². The normalized spacial score (nSPS) is 17.6. The SMILES string of the molecule is CCOC(=O)C1(C(=O)OCC)N=NN(c2ccccc2)[C@H]1c1ccccc1. The maximum absolute atomic E-state index is 12.9. The van der Waals surface area contributed by atoms with Crippen molar-refractivity contribution in [3.05, 3.63) is 66.2 Å². The largest absolute Gasteiger partial charge is 0.464 e. The number of nitrogens with zero attached hydrogens (tertiary/aromatic N) is 3. The van der Waals surface area contributed by atoms with Gasteiger partial charge in [-0.25, -0.2) is 14.6 Å². The highest BCUT2D eigenvalue weighted by molar-refractivity contribution is 6.07. The van der Waals surface area contributed by atoms with Crippen molar-refractivity contribution in [1.82, 2.24) is 0 Å². The fraction of sp³-hybridized carbons (Fsp3) is 0.300. The minimum atomic E-state index is -1.93. The average molecular weight is 367 g/mol. The van der Waals surface area contributed by atoms with Gasteiger partial charge in [0.15, 0.2) is 0 Å². The van der Waals surface area contributed by atoms with Gasteiger partial charge < -0.3 is 9.47 Å². The summed E-state index contributed by atoms with van der Waals surface area (Å²) in [4.78, 5) is 25.9. The maximum atomic E-state index is 12.9. The molecule has 140 valence electrons. The summed E-state index contributed by atoms with van der Waals surface area (Å²) in [6, 6.07) is 17.6. The van der Waals surface area contributed by atoms with E-state index < -0.39 is 23.5 Å². The van der Waals surface area contributed by atoms with Crippen LogP contribution in [0, 0.1) is 0 Å². The molecule has 0 aliphatic carbocycles. The van der Waals surface area contributed by atoms with Crippen LogP contribution in [0.4, 0.5) is 5.69 Å². The molecular weight excluding hydrogens is 346 g/mol. The van der Waals surface area contributed by atoms with Gasteiger partial charge in [0.05, 0.1) is 18.9 Å². The molecule has 1 atom stereocenters. The first kappa shape index (κ1) is 18.6. The first-order valence-electron chi connectivity index (χ1n) is 8.81. The third kappa shape index (κ3) is 3.28. The van der Waals surface area contributed by atoms with Crippen LogP contribution in [0.25, 0.3) is 0 Å². The van der Waals surface area contributed by atoms with E-state index in [0.717, 1.165) is 0 Å². The first-order chi connectivity index (χ1) is 13.1. The van der Waals surface area contributed by atoms with E-state index in [0.29, 0.717) is 11.3 Å². The van der Waals surface area contributed by atoms with Crippen molar-refractivity contribution in [1.29, 1.82) is 0 Å². The number of hydrogen-bond donors (Lipinski definition) is 0. The smallest absolute Gasteiger partial charge is 0.350 e. The lowest BCUT2D eigenvalue weighted by molar-refractivity contribution is -0.164. The third-order valence-electron chi connectivity index (χ3n) is 4.25. The molecule has 1 aliphatic rings. The topological polar surface area (TPSA) is 80.6 Å². The van der Waals surface area contributed by atoms with Gasteiger partial charge in [0.1, 0.15) is 6.04 Å². The van der Waals surface area contributed by atoms with Crippen LogP contribution in [0.1, 0.15) is 25.5 Å². The molecule has 0 spiro atoms. The summed E-state index contributed by atoms with van der Waals surface area (Å²) in [5.74, 6) is -1.56. The van der Waals surface area contributed by atoms with Gasteiger partial charge in [-0.2, -0.15) is 0 Å². The molecule has 7 nitrogen and oxygen atoms in total. The van der Waals surface area contributed by atoms with E-state index in [2.05, 4.69) is 10.3 Å². The van der Waals surface area contributed by atoms with Crippen LogP contribution in [0.2, 0.25) is 0 Å². The van der Waals surface area contributed by atoms with Gasteiger partial charge in [0.2, 0.25) is 0 Å². The highest BCUT2D eigenvalue weighted by Gasteiger charge is 2.62. The zero-order valence-electron chi connectivity index (χ0n) is 15.2. The highest BCUT2D eigenvalue weighted by atomic mass is 16.6. The van der Waals surface area contributed by atoms with E-state index in [9.17, 15) is 9.59 Å². The molecule has 27 heavy (non-hydrogen) atoms. The van der Waals surface area contributed by atoms with Gasteiger partial charge in [-0.15, -0.1) is 5.11 Å². The molecule has 2 aromatic carbocycles. The van der Waals surface area contributed by atoms with Crippen molar-refractivity contribution in [3.8, 4) is 0 Å². The summed E-state index contributed by atoms with van der Waals surface area (Å²) in [6.07, 6.45) is 0. The first-order valence-corrected chi connectivity index (χ1v) is 8.81. The van der Waals surface area contributed by atoms with Gasteiger partial charge in [-0.1, -0.05) is 53.8 Å². The monoisotopic (exact) mass is 367 g/mol. The zero-order chi connectivity index (χ0) is 19.3. The Morgan fingerprint density at radius 2 is 1.44 bits per heavy atom. The van der Waals surface area contributed by atoms with Crippen molar-refractivity contribution in [3.63, 3.8) is 0 Å². The lowest BCUT2D eigenvalue weighted by atomic mass is 9.85.